The number of hydrogen-bond donors (Lipinski definition) is 0. The van der Waals surface area contributed by atoms with Crippen LogP contribution in [0.1, 0.15) is 36.6 Å². The largest absolute Gasteiger partial charge is 0.497 e. The summed E-state index contributed by atoms with van der Waals surface area (Å²) in [5, 5.41) is 0. The van der Waals surface area contributed by atoms with Crippen LogP contribution in [0.3, 0.4) is 0 Å². The standard InChI is InChI=1S/C30H21NO4/c1-35-23-18-16-20(17-19-23)26(28(32)21-10-4-2-5-11-21)27-29(33)24-14-8-9-15-25(24)31(27)30(34)22-12-6-3-7-13-22/h2-19H,1H3/b27-26+. The molecule has 0 aromatic heterocycles. The maximum absolute atomic E-state index is 13.9. The maximum atomic E-state index is 13.9. The molecular formula is C30H21NO4. The van der Waals surface area contributed by atoms with E-state index in [0.29, 0.717) is 33.7 Å². The van der Waals surface area contributed by atoms with E-state index in [1.165, 1.54) is 4.90 Å². The Morgan fingerprint density at radius 2 is 1.23 bits per heavy atom. The van der Waals surface area contributed by atoms with E-state index in [4.69, 9.17) is 4.74 Å². The number of para-hydroxylation sites is 1. The van der Waals surface area contributed by atoms with Crippen molar-refractivity contribution in [3.05, 3.63) is 137 Å². The molecule has 0 N–H and O–H groups in total. The summed E-state index contributed by atoms with van der Waals surface area (Å²) >= 11 is 0. The number of Topliss-reactive ketones (excluding diaryl/α,β-unsaturated/α-hetero) is 2. The zero-order valence-corrected chi connectivity index (χ0v) is 19.0. The van der Waals surface area contributed by atoms with Gasteiger partial charge in [-0.25, -0.2) is 0 Å². The highest BCUT2D eigenvalue weighted by Crippen LogP contribution is 2.40. The molecule has 35 heavy (non-hydrogen) atoms. The maximum Gasteiger partial charge on any atom is 0.263 e. The lowest BCUT2D eigenvalue weighted by molar-refractivity contribution is 0.0972. The van der Waals surface area contributed by atoms with Crippen LogP contribution >= 0.6 is 0 Å². The first-order valence-corrected chi connectivity index (χ1v) is 11.1. The zero-order valence-electron chi connectivity index (χ0n) is 19.0. The fourth-order valence-electron chi connectivity index (χ4n) is 4.22. The van der Waals surface area contributed by atoms with Crippen LogP contribution in [0.2, 0.25) is 0 Å². The Balaban J connectivity index is 1.80. The molecule has 0 fully saturated rings. The number of anilines is 1. The van der Waals surface area contributed by atoms with Gasteiger partial charge in [-0.2, -0.15) is 0 Å². The number of rotatable bonds is 5. The molecule has 5 rings (SSSR count). The number of hydrogen-bond acceptors (Lipinski definition) is 4. The number of amides is 1. The highest BCUT2D eigenvalue weighted by molar-refractivity contribution is 6.40. The molecule has 1 heterocycles. The molecule has 5 heteroatoms. The van der Waals surface area contributed by atoms with E-state index in [9.17, 15) is 14.4 Å². The fourth-order valence-corrected chi connectivity index (χ4v) is 4.22. The number of allylic oxidation sites excluding steroid dienone is 2. The number of benzene rings is 4. The molecule has 0 unspecified atom stereocenters. The predicted molar refractivity (Wildman–Crippen MR) is 135 cm³/mol. The van der Waals surface area contributed by atoms with E-state index in [2.05, 4.69) is 0 Å². The Labute approximate surface area is 202 Å². The van der Waals surface area contributed by atoms with Gasteiger partial charge in [0.05, 0.1) is 18.4 Å². The number of carbonyl (C=O) groups excluding carboxylic acids is 3. The number of carbonyl (C=O) groups is 3. The highest BCUT2D eigenvalue weighted by atomic mass is 16.5. The third-order valence-electron chi connectivity index (χ3n) is 5.93. The van der Waals surface area contributed by atoms with Gasteiger partial charge in [-0.1, -0.05) is 72.8 Å². The topological polar surface area (TPSA) is 63.7 Å². The van der Waals surface area contributed by atoms with Crippen molar-refractivity contribution in [1.29, 1.82) is 0 Å². The van der Waals surface area contributed by atoms with Crippen molar-refractivity contribution < 1.29 is 19.1 Å². The molecule has 4 aromatic rings. The van der Waals surface area contributed by atoms with Crippen LogP contribution in [0, 0.1) is 0 Å². The minimum Gasteiger partial charge on any atom is -0.497 e. The van der Waals surface area contributed by atoms with Gasteiger partial charge >= 0.3 is 0 Å². The second-order valence-electron chi connectivity index (χ2n) is 8.00. The smallest absolute Gasteiger partial charge is 0.263 e. The van der Waals surface area contributed by atoms with E-state index in [0.717, 1.165) is 0 Å². The van der Waals surface area contributed by atoms with Gasteiger partial charge < -0.3 is 4.74 Å². The minimum atomic E-state index is -0.384. The van der Waals surface area contributed by atoms with Gasteiger partial charge in [0.25, 0.3) is 5.91 Å². The molecule has 0 saturated carbocycles. The molecule has 1 aliphatic heterocycles. The number of ether oxygens (including phenoxy) is 1. The van der Waals surface area contributed by atoms with E-state index >= 15 is 0 Å². The number of ketones is 2. The van der Waals surface area contributed by atoms with E-state index < -0.39 is 0 Å². The molecule has 0 bridgehead atoms. The molecule has 0 spiro atoms. The average molecular weight is 460 g/mol. The summed E-state index contributed by atoms with van der Waals surface area (Å²) in [4.78, 5) is 42.8. The van der Waals surface area contributed by atoms with Crippen LogP contribution in [0.15, 0.2) is 115 Å². The van der Waals surface area contributed by atoms with Crippen LogP contribution in [0.5, 0.6) is 5.75 Å². The van der Waals surface area contributed by atoms with Crippen molar-refractivity contribution in [2.24, 2.45) is 0 Å². The monoisotopic (exact) mass is 459 g/mol. The van der Waals surface area contributed by atoms with Crippen LogP contribution in [-0.4, -0.2) is 24.6 Å². The molecule has 0 saturated heterocycles. The summed E-state index contributed by atoms with van der Waals surface area (Å²) in [7, 11) is 1.56. The summed E-state index contributed by atoms with van der Waals surface area (Å²) in [5.41, 5.74) is 2.37. The van der Waals surface area contributed by atoms with E-state index in [-0.39, 0.29) is 28.7 Å². The number of nitrogens with zero attached hydrogens (tertiary/aromatic N) is 1. The third kappa shape index (κ3) is 3.93. The Morgan fingerprint density at radius 3 is 1.86 bits per heavy atom. The quantitative estimate of drug-likeness (QED) is 0.278. The normalized spacial score (nSPS) is 13.9. The van der Waals surface area contributed by atoms with Gasteiger partial charge in [0.2, 0.25) is 5.78 Å². The highest BCUT2D eigenvalue weighted by Gasteiger charge is 2.40. The van der Waals surface area contributed by atoms with Gasteiger partial charge in [0, 0.05) is 16.7 Å². The lowest BCUT2D eigenvalue weighted by Gasteiger charge is -2.22. The molecule has 5 nitrogen and oxygen atoms in total. The van der Waals surface area contributed by atoms with Gasteiger partial charge in [-0.15, -0.1) is 0 Å². The third-order valence-corrected chi connectivity index (χ3v) is 5.93. The molecule has 170 valence electrons. The fraction of sp³-hybridized carbons (Fsp3) is 0.0333. The van der Waals surface area contributed by atoms with Crippen molar-refractivity contribution >= 4 is 28.7 Å². The Kier molecular flexibility index (Phi) is 5.81. The van der Waals surface area contributed by atoms with Gasteiger partial charge in [-0.05, 0) is 42.0 Å². The molecule has 1 aliphatic rings. The van der Waals surface area contributed by atoms with E-state index in [1.54, 1.807) is 104 Å². The molecule has 1 amide bonds. The van der Waals surface area contributed by atoms with Gasteiger partial charge in [-0.3, -0.25) is 19.3 Å². The summed E-state index contributed by atoms with van der Waals surface area (Å²) in [6, 6.07) is 31.3. The van der Waals surface area contributed by atoms with Crippen LogP contribution in [-0.2, 0) is 0 Å². The summed E-state index contributed by atoms with van der Waals surface area (Å²) in [5.74, 6) is -0.493. The van der Waals surface area contributed by atoms with Crippen LogP contribution in [0.4, 0.5) is 5.69 Å². The van der Waals surface area contributed by atoms with Gasteiger partial charge in [0.1, 0.15) is 11.4 Å². The van der Waals surface area contributed by atoms with Crippen molar-refractivity contribution in [3.8, 4) is 5.75 Å². The second-order valence-corrected chi connectivity index (χ2v) is 8.00. The average Bonchev–Trinajstić information content (AvgIpc) is 3.21. The Morgan fingerprint density at radius 1 is 0.657 bits per heavy atom. The lowest BCUT2D eigenvalue weighted by atomic mass is 9.93. The van der Waals surface area contributed by atoms with Crippen molar-refractivity contribution in [2.75, 3.05) is 12.0 Å². The zero-order chi connectivity index (χ0) is 24.4. The van der Waals surface area contributed by atoms with Crippen molar-refractivity contribution in [1.82, 2.24) is 0 Å². The second kappa shape index (κ2) is 9.23. The first-order chi connectivity index (χ1) is 17.1. The summed E-state index contributed by atoms with van der Waals surface area (Å²) in [6.07, 6.45) is 0. The number of methoxy groups -OCH3 is 1. The first kappa shape index (κ1) is 22.0. The van der Waals surface area contributed by atoms with Crippen molar-refractivity contribution in [2.45, 2.75) is 0 Å². The van der Waals surface area contributed by atoms with E-state index in [1.807, 2.05) is 12.1 Å². The minimum absolute atomic E-state index is 0.0408. The van der Waals surface area contributed by atoms with Crippen molar-refractivity contribution in [3.63, 3.8) is 0 Å². The Hall–Kier alpha value is -4.77. The first-order valence-electron chi connectivity index (χ1n) is 11.1. The summed E-state index contributed by atoms with van der Waals surface area (Å²) in [6.45, 7) is 0. The van der Waals surface area contributed by atoms with Crippen LogP contribution < -0.4 is 9.64 Å². The molecule has 4 aromatic carbocycles. The SMILES string of the molecule is COc1ccc(/C(C(=O)c2ccccc2)=C2/C(=O)c3ccccc3N2C(=O)c2ccccc2)cc1. The van der Waals surface area contributed by atoms with Gasteiger partial charge in [0.15, 0.2) is 5.78 Å². The lowest BCUT2D eigenvalue weighted by Crippen LogP contribution is -2.30. The molecule has 0 aliphatic carbocycles. The molecule has 0 radical (unpaired) electrons. The molecule has 0 atom stereocenters. The summed E-state index contributed by atoms with van der Waals surface area (Å²) < 4.78 is 5.28. The predicted octanol–water partition coefficient (Wildman–Crippen LogP) is 5.83. The number of fused-ring (bicyclic) bond motifs is 1. The molecular weight excluding hydrogens is 438 g/mol. The van der Waals surface area contributed by atoms with Crippen LogP contribution in [0.25, 0.3) is 5.57 Å². The Bertz CT molecular complexity index is 1460.